The molecule has 2 aromatic rings. The van der Waals surface area contributed by atoms with Crippen molar-refractivity contribution in [2.75, 3.05) is 32.8 Å². The number of nitrogens with one attached hydrogen (secondary N) is 2. The summed E-state index contributed by atoms with van der Waals surface area (Å²) in [6.45, 7) is 12.6. The van der Waals surface area contributed by atoms with Crippen molar-refractivity contribution in [3.8, 4) is 0 Å². The SMILES string of the molecule is CCn1cc(C(=O)NCC(C)(C)[NH+]2CCOCC2)c(=O)c2ccc(C)nc21. The molecule has 3 heterocycles. The van der Waals surface area contributed by atoms with Crippen LogP contribution < -0.4 is 15.6 Å². The zero-order chi connectivity index (χ0) is 19.6. The summed E-state index contributed by atoms with van der Waals surface area (Å²) >= 11 is 0. The van der Waals surface area contributed by atoms with E-state index in [2.05, 4.69) is 24.1 Å². The lowest BCUT2D eigenvalue weighted by Gasteiger charge is -2.37. The minimum Gasteiger partial charge on any atom is -0.370 e. The van der Waals surface area contributed by atoms with Gasteiger partial charge < -0.3 is 19.5 Å². The molecule has 0 spiro atoms. The number of amides is 1. The van der Waals surface area contributed by atoms with Crippen LogP contribution in [-0.4, -0.2) is 53.8 Å². The number of morpholine rings is 1. The number of hydrogen-bond donors (Lipinski definition) is 2. The molecule has 1 aliphatic rings. The van der Waals surface area contributed by atoms with Crippen LogP contribution in [0.4, 0.5) is 0 Å². The molecule has 0 atom stereocenters. The molecule has 0 radical (unpaired) electrons. The standard InChI is InChI=1S/C20H28N4O3/c1-5-23-12-16(17(25)15-7-6-14(2)22-18(15)23)19(26)21-13-20(3,4)24-8-10-27-11-9-24/h6-7,12H,5,8-11,13H2,1-4H3,(H,21,26)/p+1. The minimum absolute atomic E-state index is 0.126. The first-order chi connectivity index (χ1) is 12.8. The highest BCUT2D eigenvalue weighted by atomic mass is 16.5. The third-order valence-corrected chi connectivity index (χ3v) is 5.39. The summed E-state index contributed by atoms with van der Waals surface area (Å²) in [5.41, 5.74) is 1.24. The molecule has 1 saturated heterocycles. The molecule has 0 saturated carbocycles. The molecule has 2 N–H and O–H groups in total. The van der Waals surface area contributed by atoms with Crippen LogP contribution in [-0.2, 0) is 11.3 Å². The number of carbonyl (C=O) groups is 1. The third-order valence-electron chi connectivity index (χ3n) is 5.39. The predicted molar refractivity (Wildman–Crippen MR) is 104 cm³/mol. The average molecular weight is 373 g/mol. The molecule has 0 bridgehead atoms. The molecule has 1 aliphatic heterocycles. The van der Waals surface area contributed by atoms with E-state index in [4.69, 9.17) is 4.74 Å². The number of aromatic nitrogens is 2. The molecule has 0 unspecified atom stereocenters. The zero-order valence-corrected chi connectivity index (χ0v) is 16.6. The number of pyridine rings is 2. The summed E-state index contributed by atoms with van der Waals surface area (Å²) in [6.07, 6.45) is 1.63. The molecular formula is C20H29N4O3+. The van der Waals surface area contributed by atoms with Crippen LogP contribution in [0.15, 0.2) is 23.1 Å². The first-order valence-corrected chi connectivity index (χ1v) is 9.55. The molecule has 27 heavy (non-hydrogen) atoms. The maximum atomic E-state index is 12.8. The maximum absolute atomic E-state index is 12.8. The Bertz CT molecular complexity index is 898. The Kier molecular flexibility index (Phi) is 5.62. The van der Waals surface area contributed by atoms with Gasteiger partial charge in [-0.3, -0.25) is 9.59 Å². The molecule has 7 heteroatoms. The van der Waals surface area contributed by atoms with Gasteiger partial charge in [0.25, 0.3) is 5.91 Å². The highest BCUT2D eigenvalue weighted by molar-refractivity contribution is 5.96. The Morgan fingerprint density at radius 3 is 2.70 bits per heavy atom. The highest BCUT2D eigenvalue weighted by Crippen LogP contribution is 2.11. The van der Waals surface area contributed by atoms with Gasteiger partial charge in [-0.1, -0.05) is 0 Å². The van der Waals surface area contributed by atoms with Crippen LogP contribution in [0.1, 0.15) is 36.8 Å². The number of ether oxygens (including phenoxy) is 1. The monoisotopic (exact) mass is 373 g/mol. The second-order valence-corrected chi connectivity index (χ2v) is 7.76. The van der Waals surface area contributed by atoms with Gasteiger partial charge in [0.05, 0.1) is 25.1 Å². The fourth-order valence-electron chi connectivity index (χ4n) is 3.58. The van der Waals surface area contributed by atoms with Crippen molar-refractivity contribution in [2.24, 2.45) is 0 Å². The van der Waals surface area contributed by atoms with E-state index in [0.717, 1.165) is 32.0 Å². The maximum Gasteiger partial charge on any atom is 0.257 e. The van der Waals surface area contributed by atoms with Gasteiger partial charge in [-0.25, -0.2) is 4.98 Å². The van der Waals surface area contributed by atoms with E-state index in [1.165, 1.54) is 4.90 Å². The van der Waals surface area contributed by atoms with E-state index in [9.17, 15) is 9.59 Å². The second-order valence-electron chi connectivity index (χ2n) is 7.76. The lowest BCUT2D eigenvalue weighted by Crippen LogP contribution is -3.22. The van der Waals surface area contributed by atoms with Crippen LogP contribution in [0.5, 0.6) is 0 Å². The summed E-state index contributed by atoms with van der Waals surface area (Å²) in [6, 6.07) is 3.56. The second kappa shape index (κ2) is 7.78. The van der Waals surface area contributed by atoms with Gasteiger partial charge in [-0.05, 0) is 39.8 Å². The molecule has 7 nitrogen and oxygen atoms in total. The van der Waals surface area contributed by atoms with Crippen LogP contribution in [0, 0.1) is 6.92 Å². The van der Waals surface area contributed by atoms with Gasteiger partial charge in [-0.15, -0.1) is 0 Å². The van der Waals surface area contributed by atoms with Gasteiger partial charge in [0.2, 0.25) is 5.43 Å². The molecule has 1 amide bonds. The van der Waals surface area contributed by atoms with Crippen molar-refractivity contribution >= 4 is 16.9 Å². The Labute approximate surface area is 159 Å². The third kappa shape index (κ3) is 4.04. The van der Waals surface area contributed by atoms with Crippen molar-refractivity contribution < 1.29 is 14.4 Å². The Morgan fingerprint density at radius 2 is 2.04 bits per heavy atom. The van der Waals surface area contributed by atoms with Crippen LogP contribution in [0.25, 0.3) is 11.0 Å². The van der Waals surface area contributed by atoms with E-state index >= 15 is 0 Å². The van der Waals surface area contributed by atoms with Crippen molar-refractivity contribution in [1.29, 1.82) is 0 Å². The van der Waals surface area contributed by atoms with E-state index in [0.29, 0.717) is 24.1 Å². The molecule has 146 valence electrons. The van der Waals surface area contributed by atoms with Crippen molar-refractivity contribution in [3.05, 3.63) is 39.8 Å². The molecular weight excluding hydrogens is 344 g/mol. The number of aryl methyl sites for hydroxylation is 2. The van der Waals surface area contributed by atoms with Crippen LogP contribution in [0.3, 0.4) is 0 Å². The summed E-state index contributed by atoms with van der Waals surface area (Å²) in [7, 11) is 0. The topological polar surface area (TPSA) is 77.7 Å². The fourth-order valence-corrected chi connectivity index (χ4v) is 3.58. The zero-order valence-electron chi connectivity index (χ0n) is 16.6. The Balaban J connectivity index is 1.84. The Morgan fingerprint density at radius 1 is 1.33 bits per heavy atom. The van der Waals surface area contributed by atoms with Gasteiger partial charge >= 0.3 is 0 Å². The first-order valence-electron chi connectivity index (χ1n) is 9.55. The van der Waals surface area contributed by atoms with Gasteiger partial charge in [0.15, 0.2) is 0 Å². The largest absolute Gasteiger partial charge is 0.370 e. The minimum atomic E-state index is -0.328. The number of carbonyl (C=O) groups excluding carboxylic acids is 1. The van der Waals surface area contributed by atoms with Crippen molar-refractivity contribution in [3.63, 3.8) is 0 Å². The quantitative estimate of drug-likeness (QED) is 0.782. The molecule has 1 fully saturated rings. The molecule has 2 aromatic heterocycles. The van der Waals surface area contributed by atoms with E-state index < -0.39 is 0 Å². The van der Waals surface area contributed by atoms with Crippen molar-refractivity contribution in [2.45, 2.75) is 39.8 Å². The molecule has 0 aliphatic carbocycles. The lowest BCUT2D eigenvalue weighted by molar-refractivity contribution is -0.954. The number of nitrogens with zero attached hydrogens (tertiary/aromatic N) is 2. The van der Waals surface area contributed by atoms with Gasteiger partial charge in [-0.2, -0.15) is 0 Å². The summed E-state index contributed by atoms with van der Waals surface area (Å²) in [5.74, 6) is -0.328. The van der Waals surface area contributed by atoms with Crippen LogP contribution in [0.2, 0.25) is 0 Å². The van der Waals surface area contributed by atoms with E-state index in [1.54, 1.807) is 18.3 Å². The van der Waals surface area contributed by atoms with Crippen LogP contribution >= 0.6 is 0 Å². The fraction of sp³-hybridized carbons (Fsp3) is 0.550. The molecule has 0 aromatic carbocycles. The number of fused-ring (bicyclic) bond motifs is 1. The highest BCUT2D eigenvalue weighted by Gasteiger charge is 2.33. The summed E-state index contributed by atoms with van der Waals surface area (Å²) < 4.78 is 7.28. The Hall–Kier alpha value is -2.25. The van der Waals surface area contributed by atoms with E-state index in [-0.39, 0.29) is 22.4 Å². The lowest BCUT2D eigenvalue weighted by atomic mass is 10.0. The van der Waals surface area contributed by atoms with Crippen molar-refractivity contribution in [1.82, 2.24) is 14.9 Å². The number of hydrogen-bond acceptors (Lipinski definition) is 4. The van der Waals surface area contributed by atoms with Gasteiger partial charge in [0, 0.05) is 18.4 Å². The van der Waals surface area contributed by atoms with Gasteiger partial charge in [0.1, 0.15) is 29.8 Å². The summed E-state index contributed by atoms with van der Waals surface area (Å²) in [4.78, 5) is 31.5. The normalized spacial score (nSPS) is 15.9. The number of rotatable bonds is 5. The van der Waals surface area contributed by atoms with E-state index in [1.807, 2.05) is 18.4 Å². The predicted octanol–water partition coefficient (Wildman–Crippen LogP) is 0.148. The number of quaternary nitrogens is 1. The smallest absolute Gasteiger partial charge is 0.257 e. The first kappa shape index (κ1) is 19.5. The summed E-state index contributed by atoms with van der Waals surface area (Å²) in [5, 5.41) is 3.45. The average Bonchev–Trinajstić information content (AvgIpc) is 2.67. The molecule has 3 rings (SSSR count).